The molecule has 1 aromatic rings. The molecular formula is C28H38N2O5S. The van der Waals surface area contributed by atoms with Crippen molar-refractivity contribution < 1.29 is 23.9 Å². The second-order valence-corrected chi connectivity index (χ2v) is 11.5. The highest BCUT2D eigenvalue weighted by Crippen LogP contribution is 2.36. The Bertz CT molecular complexity index is 1070. The third-order valence-electron chi connectivity index (χ3n) is 6.43. The molecule has 7 nitrogen and oxygen atoms in total. The standard InChI is InChI=1S/C28H38N2O5S/c1-7-22(26(32)29-14-16-35-17-15-29)30(25(31)20-10-8-19(2)9-11-20)23-18-21(12-13-28(3,4)5)36-24(23)27(33)34-6/h8,18,20,22H,7,9-11,14-17H2,1-6H3/t20?,22-/m0/s1. The van der Waals surface area contributed by atoms with E-state index in [1.165, 1.54) is 24.0 Å². The summed E-state index contributed by atoms with van der Waals surface area (Å²) in [7, 11) is 1.32. The van der Waals surface area contributed by atoms with Gasteiger partial charge in [0.2, 0.25) is 11.8 Å². The lowest BCUT2D eigenvalue weighted by Crippen LogP contribution is -2.55. The predicted molar refractivity (Wildman–Crippen MR) is 142 cm³/mol. The van der Waals surface area contributed by atoms with Gasteiger partial charge in [-0.05, 0) is 59.4 Å². The molecule has 0 aromatic carbocycles. The number of rotatable bonds is 6. The number of methoxy groups -OCH3 is 1. The molecule has 1 fully saturated rings. The van der Waals surface area contributed by atoms with Crippen LogP contribution < -0.4 is 4.90 Å². The van der Waals surface area contributed by atoms with Crippen LogP contribution in [0.1, 0.15) is 74.9 Å². The molecule has 1 aliphatic heterocycles. The Labute approximate surface area is 218 Å². The van der Waals surface area contributed by atoms with Gasteiger partial charge >= 0.3 is 5.97 Å². The monoisotopic (exact) mass is 514 g/mol. The molecule has 36 heavy (non-hydrogen) atoms. The maximum absolute atomic E-state index is 14.1. The van der Waals surface area contributed by atoms with Gasteiger partial charge in [-0.15, -0.1) is 11.3 Å². The smallest absolute Gasteiger partial charge is 0.350 e. The van der Waals surface area contributed by atoms with Crippen LogP contribution in [0.5, 0.6) is 0 Å². The molecule has 3 rings (SSSR count). The van der Waals surface area contributed by atoms with Crippen LogP contribution in [-0.4, -0.2) is 62.1 Å². The summed E-state index contributed by atoms with van der Waals surface area (Å²) in [6.07, 6.45) is 4.70. The van der Waals surface area contributed by atoms with Gasteiger partial charge in [0.15, 0.2) is 0 Å². The molecule has 2 amide bonds. The highest BCUT2D eigenvalue weighted by molar-refractivity contribution is 7.15. The van der Waals surface area contributed by atoms with Gasteiger partial charge in [-0.1, -0.05) is 30.4 Å². The molecule has 0 bridgehead atoms. The molecule has 1 unspecified atom stereocenters. The van der Waals surface area contributed by atoms with E-state index in [2.05, 4.69) is 24.8 Å². The number of carbonyl (C=O) groups excluding carboxylic acids is 3. The SMILES string of the molecule is CC[C@@H](C(=O)N1CCOCC1)N(C(=O)C1CC=C(C)CC1)c1cc(C#CC(C)(C)C)sc1C(=O)OC. The number of amides is 2. The van der Waals surface area contributed by atoms with E-state index in [-0.39, 0.29) is 23.1 Å². The first-order chi connectivity index (χ1) is 17.1. The fraction of sp³-hybridized carbons (Fsp3) is 0.607. The average molecular weight is 515 g/mol. The van der Waals surface area contributed by atoms with Crippen LogP contribution in [-0.2, 0) is 19.1 Å². The first kappa shape index (κ1) is 27.9. The van der Waals surface area contributed by atoms with Crippen molar-refractivity contribution >= 4 is 34.8 Å². The largest absolute Gasteiger partial charge is 0.465 e. The van der Waals surface area contributed by atoms with Crippen molar-refractivity contribution in [3.8, 4) is 11.8 Å². The first-order valence-corrected chi connectivity index (χ1v) is 13.5. The molecule has 1 aromatic heterocycles. The van der Waals surface area contributed by atoms with Gasteiger partial charge in [-0.25, -0.2) is 4.79 Å². The van der Waals surface area contributed by atoms with E-state index in [9.17, 15) is 14.4 Å². The third kappa shape index (κ3) is 6.77. The summed E-state index contributed by atoms with van der Waals surface area (Å²) in [5.41, 5.74) is 1.46. The molecular weight excluding hydrogens is 476 g/mol. The lowest BCUT2D eigenvalue weighted by atomic mass is 9.88. The minimum atomic E-state index is -0.732. The summed E-state index contributed by atoms with van der Waals surface area (Å²) in [5, 5.41) is 0. The third-order valence-corrected chi connectivity index (χ3v) is 7.45. The second-order valence-electron chi connectivity index (χ2n) is 10.4. The number of allylic oxidation sites excluding steroid dienone is 2. The van der Waals surface area contributed by atoms with Crippen molar-refractivity contribution in [3.63, 3.8) is 0 Å². The lowest BCUT2D eigenvalue weighted by molar-refractivity contribution is -0.138. The summed E-state index contributed by atoms with van der Waals surface area (Å²) < 4.78 is 10.5. The van der Waals surface area contributed by atoms with Gasteiger partial charge in [0, 0.05) is 24.4 Å². The molecule has 196 valence electrons. The molecule has 0 radical (unpaired) electrons. The number of morpholine rings is 1. The summed E-state index contributed by atoms with van der Waals surface area (Å²) in [4.78, 5) is 45.0. The summed E-state index contributed by atoms with van der Waals surface area (Å²) in [6.45, 7) is 11.9. The van der Waals surface area contributed by atoms with Gasteiger partial charge in [-0.2, -0.15) is 0 Å². The number of thiophene rings is 1. The van der Waals surface area contributed by atoms with Crippen LogP contribution >= 0.6 is 11.3 Å². The fourth-order valence-corrected chi connectivity index (χ4v) is 5.32. The zero-order valence-corrected chi connectivity index (χ0v) is 23.1. The van der Waals surface area contributed by atoms with Crippen LogP contribution in [0.25, 0.3) is 0 Å². The molecule has 1 aliphatic carbocycles. The maximum atomic E-state index is 14.1. The van der Waals surface area contributed by atoms with Crippen LogP contribution in [0.15, 0.2) is 17.7 Å². The molecule has 8 heteroatoms. The quantitative estimate of drug-likeness (QED) is 0.314. The van der Waals surface area contributed by atoms with Crippen LogP contribution in [0, 0.1) is 23.2 Å². The van der Waals surface area contributed by atoms with E-state index < -0.39 is 12.0 Å². The van der Waals surface area contributed by atoms with E-state index in [0.29, 0.717) is 61.0 Å². The van der Waals surface area contributed by atoms with Crippen molar-refractivity contribution in [3.05, 3.63) is 27.5 Å². The topological polar surface area (TPSA) is 76.2 Å². The minimum Gasteiger partial charge on any atom is -0.465 e. The highest BCUT2D eigenvalue weighted by Gasteiger charge is 2.39. The zero-order valence-electron chi connectivity index (χ0n) is 22.3. The zero-order chi connectivity index (χ0) is 26.5. The van der Waals surface area contributed by atoms with Crippen molar-refractivity contribution in [2.75, 3.05) is 38.3 Å². The molecule has 0 saturated carbocycles. The van der Waals surface area contributed by atoms with Crippen LogP contribution in [0.3, 0.4) is 0 Å². The van der Waals surface area contributed by atoms with Crippen molar-refractivity contribution in [2.24, 2.45) is 11.3 Å². The van der Waals surface area contributed by atoms with E-state index in [4.69, 9.17) is 9.47 Å². The normalized spacial score (nSPS) is 19.0. The molecule has 2 aliphatic rings. The van der Waals surface area contributed by atoms with E-state index in [0.717, 1.165) is 6.42 Å². The van der Waals surface area contributed by atoms with Gasteiger partial charge < -0.3 is 14.4 Å². The predicted octanol–water partition coefficient (Wildman–Crippen LogP) is 4.65. The molecule has 0 spiro atoms. The Morgan fingerprint density at radius 3 is 2.53 bits per heavy atom. The number of hydrogen-bond acceptors (Lipinski definition) is 6. The Morgan fingerprint density at radius 2 is 1.97 bits per heavy atom. The lowest BCUT2D eigenvalue weighted by Gasteiger charge is -2.37. The summed E-state index contributed by atoms with van der Waals surface area (Å²) >= 11 is 1.20. The van der Waals surface area contributed by atoms with Crippen molar-refractivity contribution in [2.45, 2.75) is 66.3 Å². The van der Waals surface area contributed by atoms with E-state index in [1.807, 2.05) is 27.7 Å². The Hall–Kier alpha value is -2.63. The van der Waals surface area contributed by atoms with Crippen LogP contribution in [0.2, 0.25) is 0 Å². The number of carbonyl (C=O) groups is 3. The van der Waals surface area contributed by atoms with Gasteiger partial charge in [0.1, 0.15) is 10.9 Å². The van der Waals surface area contributed by atoms with Gasteiger partial charge in [-0.3, -0.25) is 14.5 Å². The molecule has 1 saturated heterocycles. The number of nitrogens with zero attached hydrogens (tertiary/aromatic N) is 2. The number of anilines is 1. The highest BCUT2D eigenvalue weighted by atomic mass is 32.1. The van der Waals surface area contributed by atoms with Gasteiger partial charge in [0.25, 0.3) is 0 Å². The summed E-state index contributed by atoms with van der Waals surface area (Å²) in [6, 6.07) is 1.04. The van der Waals surface area contributed by atoms with Crippen molar-refractivity contribution in [1.82, 2.24) is 4.90 Å². The first-order valence-electron chi connectivity index (χ1n) is 12.7. The number of hydrogen-bond donors (Lipinski definition) is 0. The Balaban J connectivity index is 2.11. The Kier molecular flexibility index (Phi) is 9.37. The van der Waals surface area contributed by atoms with E-state index in [1.54, 1.807) is 15.9 Å². The number of ether oxygens (including phenoxy) is 2. The van der Waals surface area contributed by atoms with Gasteiger partial charge in [0.05, 0.1) is 30.9 Å². The average Bonchev–Trinajstić information content (AvgIpc) is 3.29. The molecule has 2 atom stereocenters. The maximum Gasteiger partial charge on any atom is 0.350 e. The van der Waals surface area contributed by atoms with Crippen molar-refractivity contribution in [1.29, 1.82) is 0 Å². The Morgan fingerprint density at radius 1 is 1.28 bits per heavy atom. The minimum absolute atomic E-state index is 0.124. The summed E-state index contributed by atoms with van der Waals surface area (Å²) in [5.74, 6) is 5.30. The molecule has 2 heterocycles. The second kappa shape index (κ2) is 12.1. The van der Waals surface area contributed by atoms with E-state index >= 15 is 0 Å². The van der Waals surface area contributed by atoms with Crippen LogP contribution in [0.4, 0.5) is 5.69 Å². The fourth-order valence-electron chi connectivity index (χ4n) is 4.40. The molecule has 0 N–H and O–H groups in total. The number of esters is 1.